The molecule has 0 aromatic heterocycles. The van der Waals surface area contributed by atoms with E-state index in [4.69, 9.17) is 4.74 Å². The van der Waals surface area contributed by atoms with Gasteiger partial charge in [-0.1, -0.05) is 30.3 Å². The van der Waals surface area contributed by atoms with Gasteiger partial charge in [-0.3, -0.25) is 0 Å². The van der Waals surface area contributed by atoms with Crippen molar-refractivity contribution < 1.29 is 30.5 Å². The average molecular weight is 396 g/mol. The molecule has 102 valence electrons. The maximum absolute atomic E-state index is 12.2. The van der Waals surface area contributed by atoms with Crippen molar-refractivity contribution in [2.45, 2.75) is 9.30 Å². The summed E-state index contributed by atoms with van der Waals surface area (Å²) in [6.07, 6.45) is 0. The molecule has 1 unspecified atom stereocenters. The first kappa shape index (κ1) is 15.7. The van der Waals surface area contributed by atoms with Gasteiger partial charge in [0.15, 0.2) is 0 Å². The van der Waals surface area contributed by atoms with E-state index in [1.807, 2.05) is 0 Å². The predicted octanol–water partition coefficient (Wildman–Crippen LogP) is 2.74. The highest BCUT2D eigenvalue weighted by Crippen LogP contribution is 2.39. The minimum Gasteiger partial charge on any atom is -0.341 e. The van der Waals surface area contributed by atoms with E-state index >= 15 is 0 Å². The number of benzene rings is 1. The van der Waals surface area contributed by atoms with Crippen LogP contribution in [-0.2, 0) is 22.8 Å². The van der Waals surface area contributed by atoms with Crippen molar-refractivity contribution in [3.05, 3.63) is 35.9 Å². The summed E-state index contributed by atoms with van der Waals surface area (Å²) in [5.41, 5.74) is -5.36. The van der Waals surface area contributed by atoms with Crippen LogP contribution in [0.1, 0.15) is 5.56 Å². The van der Waals surface area contributed by atoms with Gasteiger partial charge in [-0.05, 0) is 22.6 Å². The van der Waals surface area contributed by atoms with Gasteiger partial charge in [0, 0.05) is 12.7 Å². The minimum atomic E-state index is -5.75. The first-order chi connectivity index (χ1) is 8.12. The van der Waals surface area contributed by atoms with Crippen LogP contribution in [0.3, 0.4) is 0 Å². The number of rotatable bonds is 4. The second-order valence-corrected chi connectivity index (χ2v) is 6.05. The number of halogens is 4. The maximum Gasteiger partial charge on any atom is 0.523 e. The number of hydrogen-bond donors (Lipinski definition) is 0. The van der Waals surface area contributed by atoms with Gasteiger partial charge in [-0.25, -0.2) is 4.18 Å². The molecule has 1 atom stereocenters. The lowest BCUT2D eigenvalue weighted by molar-refractivity contribution is -0.103. The van der Waals surface area contributed by atoms with E-state index in [-0.39, 0.29) is 5.56 Å². The molecule has 1 aromatic rings. The van der Waals surface area contributed by atoms with Gasteiger partial charge in [0.1, 0.15) is 0 Å². The Kier molecular flexibility index (Phi) is 4.62. The van der Waals surface area contributed by atoms with E-state index in [1.165, 1.54) is 46.9 Å². The van der Waals surface area contributed by atoms with E-state index in [0.717, 1.165) is 7.11 Å². The smallest absolute Gasteiger partial charge is 0.341 e. The number of methoxy groups -OCH3 is 1. The van der Waals surface area contributed by atoms with Crippen molar-refractivity contribution in [2.75, 3.05) is 7.11 Å². The molecule has 9 heteroatoms. The van der Waals surface area contributed by atoms with Gasteiger partial charge in [0.25, 0.3) is 3.79 Å². The van der Waals surface area contributed by atoms with Crippen molar-refractivity contribution in [2.24, 2.45) is 0 Å². The Morgan fingerprint density at radius 1 is 1.17 bits per heavy atom. The SMILES string of the molecule is COC(I)(OS(=O)(=O)C(F)(F)F)c1ccccc1. The van der Waals surface area contributed by atoms with Crippen LogP contribution < -0.4 is 0 Å². The standard InChI is InChI=1S/C9H8F3IO4S/c1-16-8(13,7-5-3-2-4-6-7)17-18(14,15)9(10,11)12/h2-6H,1H3. The molecular formula is C9H8F3IO4S. The van der Waals surface area contributed by atoms with Crippen molar-refractivity contribution >= 4 is 32.7 Å². The van der Waals surface area contributed by atoms with Crippen molar-refractivity contribution in [1.82, 2.24) is 0 Å². The number of alkyl halides is 4. The molecule has 0 aliphatic heterocycles. The van der Waals surface area contributed by atoms with Crippen LogP contribution in [-0.4, -0.2) is 21.0 Å². The molecule has 18 heavy (non-hydrogen) atoms. The first-order valence-electron chi connectivity index (χ1n) is 4.44. The fraction of sp³-hybridized carbons (Fsp3) is 0.333. The summed E-state index contributed by atoms with van der Waals surface area (Å²) < 4.78 is 65.5. The lowest BCUT2D eigenvalue weighted by atomic mass is 10.2. The second kappa shape index (κ2) is 5.31. The van der Waals surface area contributed by atoms with Crippen LogP contribution in [0.2, 0.25) is 0 Å². The normalized spacial score (nSPS) is 16.3. The Labute approximate surface area is 115 Å². The van der Waals surface area contributed by atoms with Crippen LogP contribution in [0, 0.1) is 0 Å². The summed E-state index contributed by atoms with van der Waals surface area (Å²) in [7, 11) is -4.70. The predicted molar refractivity (Wildman–Crippen MR) is 65.2 cm³/mol. The third-order valence-electron chi connectivity index (χ3n) is 1.88. The van der Waals surface area contributed by atoms with E-state index in [0.29, 0.717) is 0 Å². The van der Waals surface area contributed by atoms with Crippen LogP contribution in [0.5, 0.6) is 0 Å². The molecule has 0 aliphatic carbocycles. The molecule has 0 saturated heterocycles. The highest BCUT2D eigenvalue weighted by atomic mass is 127. The summed E-state index contributed by atoms with van der Waals surface area (Å²) in [4.78, 5) is 0. The Morgan fingerprint density at radius 2 is 1.67 bits per heavy atom. The zero-order valence-corrected chi connectivity index (χ0v) is 11.9. The molecule has 0 N–H and O–H groups in total. The van der Waals surface area contributed by atoms with Gasteiger partial charge < -0.3 is 4.74 Å². The summed E-state index contributed by atoms with van der Waals surface area (Å²) in [6.45, 7) is 0. The summed E-state index contributed by atoms with van der Waals surface area (Å²) in [6, 6.07) is 7.44. The number of hydrogen-bond acceptors (Lipinski definition) is 4. The summed E-state index contributed by atoms with van der Waals surface area (Å²) in [5.74, 6) is 0. The van der Waals surface area contributed by atoms with Crippen molar-refractivity contribution in [3.8, 4) is 0 Å². The second-order valence-electron chi connectivity index (χ2n) is 3.09. The molecular weight excluding hydrogens is 388 g/mol. The molecule has 0 saturated carbocycles. The quantitative estimate of drug-likeness (QED) is 0.258. The van der Waals surface area contributed by atoms with Gasteiger partial charge in [-0.15, -0.1) is 0 Å². The third kappa shape index (κ3) is 3.33. The molecule has 0 spiro atoms. The van der Waals surface area contributed by atoms with Gasteiger partial charge in [0.05, 0.1) is 0 Å². The van der Waals surface area contributed by atoms with Crippen molar-refractivity contribution in [3.63, 3.8) is 0 Å². The fourth-order valence-electron chi connectivity index (χ4n) is 1.03. The van der Waals surface area contributed by atoms with E-state index in [1.54, 1.807) is 6.07 Å². The topological polar surface area (TPSA) is 52.6 Å². The molecule has 4 nitrogen and oxygen atoms in total. The molecule has 0 amide bonds. The fourth-order valence-corrected chi connectivity index (χ4v) is 2.64. The van der Waals surface area contributed by atoms with Crippen LogP contribution in [0.15, 0.2) is 30.3 Å². The minimum absolute atomic E-state index is 0.140. The van der Waals surface area contributed by atoms with E-state index in [9.17, 15) is 21.6 Å². The Balaban J connectivity index is 3.13. The van der Waals surface area contributed by atoms with Crippen LogP contribution in [0.25, 0.3) is 0 Å². The molecule has 0 fully saturated rings. The lowest BCUT2D eigenvalue weighted by Gasteiger charge is -2.26. The number of ether oxygens (including phenoxy) is 1. The summed E-state index contributed by atoms with van der Waals surface area (Å²) >= 11 is 1.35. The van der Waals surface area contributed by atoms with E-state index in [2.05, 4.69) is 4.18 Å². The third-order valence-corrected chi connectivity index (χ3v) is 4.48. The van der Waals surface area contributed by atoms with Crippen LogP contribution >= 0.6 is 22.6 Å². The monoisotopic (exact) mass is 396 g/mol. The summed E-state index contributed by atoms with van der Waals surface area (Å²) in [5, 5.41) is 0. The van der Waals surface area contributed by atoms with E-state index < -0.39 is 19.4 Å². The zero-order chi connectivity index (χ0) is 14.0. The maximum atomic E-state index is 12.2. The van der Waals surface area contributed by atoms with Gasteiger partial charge in [0.2, 0.25) is 0 Å². The lowest BCUT2D eigenvalue weighted by Crippen LogP contribution is -2.35. The Hall–Kier alpha value is -0.390. The van der Waals surface area contributed by atoms with Crippen molar-refractivity contribution in [1.29, 1.82) is 0 Å². The van der Waals surface area contributed by atoms with Crippen LogP contribution in [0.4, 0.5) is 13.2 Å². The van der Waals surface area contributed by atoms with Gasteiger partial charge in [-0.2, -0.15) is 21.6 Å². The largest absolute Gasteiger partial charge is 0.523 e. The Morgan fingerprint density at radius 3 is 2.06 bits per heavy atom. The highest BCUT2D eigenvalue weighted by molar-refractivity contribution is 14.1. The molecule has 1 aromatic carbocycles. The Bertz CT molecular complexity index is 502. The zero-order valence-electron chi connectivity index (χ0n) is 8.94. The van der Waals surface area contributed by atoms with Gasteiger partial charge >= 0.3 is 15.6 Å². The molecule has 1 rings (SSSR count). The first-order valence-corrected chi connectivity index (χ1v) is 6.92. The highest BCUT2D eigenvalue weighted by Gasteiger charge is 2.52. The molecule has 0 bridgehead atoms. The molecule has 0 heterocycles. The molecule has 0 radical (unpaired) electrons. The average Bonchev–Trinajstić information content (AvgIpc) is 2.28. The molecule has 0 aliphatic rings.